The van der Waals surface area contributed by atoms with Crippen LogP contribution in [0.3, 0.4) is 0 Å². The lowest BCUT2D eigenvalue weighted by molar-refractivity contribution is 0.621. The molecule has 94 valence electrons. The summed E-state index contributed by atoms with van der Waals surface area (Å²) in [6.45, 7) is 2.89. The van der Waals surface area contributed by atoms with Crippen molar-refractivity contribution in [3.8, 4) is 0 Å². The maximum absolute atomic E-state index is 5.28. The molecule has 17 heavy (non-hydrogen) atoms. The summed E-state index contributed by atoms with van der Waals surface area (Å²) in [5.74, 6) is 0. The van der Waals surface area contributed by atoms with Crippen LogP contribution in [0, 0.1) is 0 Å². The molecule has 2 rings (SSSR count). The molecular weight excluding hydrogens is 250 g/mol. The van der Waals surface area contributed by atoms with Gasteiger partial charge >= 0.3 is 0 Å². The number of hydrogen-bond acceptors (Lipinski definition) is 3. The van der Waals surface area contributed by atoms with Crippen LogP contribution in [0.5, 0.6) is 0 Å². The Morgan fingerprint density at radius 1 is 1.53 bits per heavy atom. The third kappa shape index (κ3) is 3.92. The van der Waals surface area contributed by atoms with Gasteiger partial charge in [0.15, 0.2) is 5.11 Å². The molecule has 0 bridgehead atoms. The van der Waals surface area contributed by atoms with E-state index in [-0.39, 0.29) is 0 Å². The van der Waals surface area contributed by atoms with E-state index in [1.54, 1.807) is 11.3 Å². The van der Waals surface area contributed by atoms with Gasteiger partial charge in [-0.25, -0.2) is 4.98 Å². The molecule has 0 amide bonds. The quantitative estimate of drug-likeness (QED) is 0.824. The summed E-state index contributed by atoms with van der Waals surface area (Å²) in [6, 6.07) is 0.581. The lowest BCUT2D eigenvalue weighted by Crippen LogP contribution is -2.40. The van der Waals surface area contributed by atoms with Gasteiger partial charge in [0.05, 0.1) is 6.54 Å². The molecule has 0 aromatic carbocycles. The highest BCUT2D eigenvalue weighted by Crippen LogP contribution is 2.17. The molecule has 0 aliphatic heterocycles. The number of hydrogen-bond donors (Lipinski definition) is 2. The molecule has 5 heteroatoms. The highest BCUT2D eigenvalue weighted by molar-refractivity contribution is 7.80. The normalized spacial score (nSPS) is 16.1. The maximum atomic E-state index is 5.28. The van der Waals surface area contributed by atoms with Crippen LogP contribution in [0.25, 0.3) is 0 Å². The molecule has 3 nitrogen and oxygen atoms in total. The third-order valence-corrected chi connectivity index (χ3v) is 4.44. The van der Waals surface area contributed by atoms with Crippen molar-refractivity contribution in [1.82, 2.24) is 15.6 Å². The summed E-state index contributed by atoms with van der Waals surface area (Å²) in [6.07, 6.45) is 8.16. The van der Waals surface area contributed by atoms with E-state index in [2.05, 4.69) is 22.5 Å². The fraction of sp³-hybridized carbons (Fsp3) is 0.667. The smallest absolute Gasteiger partial charge is 0.166 e. The van der Waals surface area contributed by atoms with Crippen LogP contribution in [0.4, 0.5) is 0 Å². The van der Waals surface area contributed by atoms with E-state index in [0.717, 1.165) is 23.1 Å². The van der Waals surface area contributed by atoms with Crippen molar-refractivity contribution >= 4 is 28.7 Å². The fourth-order valence-corrected chi connectivity index (χ4v) is 3.10. The van der Waals surface area contributed by atoms with Crippen molar-refractivity contribution in [3.63, 3.8) is 0 Å². The molecule has 1 aliphatic rings. The number of nitrogens with one attached hydrogen (secondary N) is 2. The van der Waals surface area contributed by atoms with Crippen molar-refractivity contribution in [2.75, 3.05) is 0 Å². The molecule has 1 saturated carbocycles. The second-order valence-corrected chi connectivity index (χ2v) is 5.99. The second kappa shape index (κ2) is 6.31. The Morgan fingerprint density at radius 2 is 2.29 bits per heavy atom. The first-order valence-corrected chi connectivity index (χ1v) is 7.48. The van der Waals surface area contributed by atoms with Gasteiger partial charge in [0.25, 0.3) is 0 Å². The maximum Gasteiger partial charge on any atom is 0.166 e. The highest BCUT2D eigenvalue weighted by atomic mass is 32.1. The summed E-state index contributed by atoms with van der Waals surface area (Å²) in [5, 5.41) is 8.48. The lowest BCUT2D eigenvalue weighted by Gasteiger charge is -2.14. The SMILES string of the molecule is CCc1cnc(CNC(=S)NC2CCCC2)s1. The van der Waals surface area contributed by atoms with Gasteiger partial charge in [-0.2, -0.15) is 0 Å². The Kier molecular flexibility index (Phi) is 4.74. The summed E-state index contributed by atoms with van der Waals surface area (Å²) in [4.78, 5) is 5.69. The van der Waals surface area contributed by atoms with E-state index in [1.165, 1.54) is 30.6 Å². The van der Waals surface area contributed by atoms with Gasteiger partial charge in [0.2, 0.25) is 0 Å². The Morgan fingerprint density at radius 3 is 2.94 bits per heavy atom. The highest BCUT2D eigenvalue weighted by Gasteiger charge is 2.15. The predicted octanol–water partition coefficient (Wildman–Crippen LogP) is 2.61. The number of nitrogens with zero attached hydrogens (tertiary/aromatic N) is 1. The van der Waals surface area contributed by atoms with E-state index >= 15 is 0 Å². The largest absolute Gasteiger partial charge is 0.360 e. The van der Waals surface area contributed by atoms with Crippen LogP contribution in [-0.4, -0.2) is 16.1 Å². The zero-order valence-corrected chi connectivity index (χ0v) is 11.8. The standard InChI is InChI=1S/C12H19N3S2/c1-2-10-7-13-11(17-10)8-14-12(16)15-9-5-3-4-6-9/h7,9H,2-6,8H2,1H3,(H2,14,15,16). The summed E-state index contributed by atoms with van der Waals surface area (Å²) in [5.41, 5.74) is 0. The summed E-state index contributed by atoms with van der Waals surface area (Å²) >= 11 is 7.04. The monoisotopic (exact) mass is 269 g/mol. The van der Waals surface area contributed by atoms with Gasteiger partial charge < -0.3 is 10.6 Å². The van der Waals surface area contributed by atoms with Crippen LogP contribution in [0.2, 0.25) is 0 Å². The van der Waals surface area contributed by atoms with Crippen LogP contribution in [-0.2, 0) is 13.0 Å². The number of aryl methyl sites for hydroxylation is 1. The van der Waals surface area contributed by atoms with Crippen LogP contribution in [0.15, 0.2) is 6.20 Å². The minimum Gasteiger partial charge on any atom is -0.360 e. The van der Waals surface area contributed by atoms with Gasteiger partial charge in [0, 0.05) is 17.1 Å². The van der Waals surface area contributed by atoms with E-state index in [1.807, 2.05) is 6.20 Å². The Labute approximate surface area is 112 Å². The van der Waals surface area contributed by atoms with Gasteiger partial charge in [0.1, 0.15) is 5.01 Å². The first-order valence-electron chi connectivity index (χ1n) is 6.26. The molecule has 2 N–H and O–H groups in total. The van der Waals surface area contributed by atoms with Crippen LogP contribution in [0.1, 0.15) is 42.5 Å². The van der Waals surface area contributed by atoms with Gasteiger partial charge in [-0.15, -0.1) is 11.3 Å². The van der Waals surface area contributed by atoms with Crippen molar-refractivity contribution in [2.45, 2.75) is 51.6 Å². The zero-order chi connectivity index (χ0) is 12.1. The fourth-order valence-electron chi connectivity index (χ4n) is 2.06. The zero-order valence-electron chi connectivity index (χ0n) is 10.2. The topological polar surface area (TPSA) is 37.0 Å². The van der Waals surface area contributed by atoms with Crippen LogP contribution < -0.4 is 10.6 Å². The van der Waals surface area contributed by atoms with E-state index < -0.39 is 0 Å². The third-order valence-electron chi connectivity index (χ3n) is 3.04. The number of thiazole rings is 1. The summed E-state index contributed by atoms with van der Waals surface area (Å²) in [7, 11) is 0. The van der Waals surface area contributed by atoms with E-state index in [4.69, 9.17) is 12.2 Å². The average molecular weight is 269 g/mol. The summed E-state index contributed by atoms with van der Waals surface area (Å²) < 4.78 is 0. The van der Waals surface area contributed by atoms with Gasteiger partial charge in [-0.3, -0.25) is 0 Å². The van der Waals surface area contributed by atoms with Crippen LogP contribution >= 0.6 is 23.6 Å². The minimum absolute atomic E-state index is 0.581. The van der Waals surface area contributed by atoms with Crippen molar-refractivity contribution < 1.29 is 0 Å². The minimum atomic E-state index is 0.581. The van der Waals surface area contributed by atoms with Crippen molar-refractivity contribution in [3.05, 3.63) is 16.1 Å². The average Bonchev–Trinajstić information content (AvgIpc) is 2.96. The predicted molar refractivity (Wildman–Crippen MR) is 76.3 cm³/mol. The molecule has 0 spiro atoms. The molecule has 1 fully saturated rings. The number of rotatable bonds is 4. The number of aromatic nitrogens is 1. The molecule has 0 unspecified atom stereocenters. The second-order valence-electron chi connectivity index (χ2n) is 4.38. The molecule has 0 atom stereocenters. The molecule has 1 heterocycles. The van der Waals surface area contributed by atoms with Gasteiger partial charge in [-0.1, -0.05) is 19.8 Å². The van der Waals surface area contributed by atoms with E-state index in [9.17, 15) is 0 Å². The molecule has 0 radical (unpaired) electrons. The first-order chi connectivity index (χ1) is 8.28. The van der Waals surface area contributed by atoms with Crippen molar-refractivity contribution in [1.29, 1.82) is 0 Å². The Balaban J connectivity index is 1.71. The number of thiocarbonyl (C=S) groups is 1. The molecular formula is C12H19N3S2. The molecule has 1 aromatic heterocycles. The van der Waals surface area contributed by atoms with Gasteiger partial charge in [-0.05, 0) is 31.5 Å². The Bertz CT molecular complexity index is 370. The van der Waals surface area contributed by atoms with Crippen molar-refractivity contribution in [2.24, 2.45) is 0 Å². The molecule has 1 aromatic rings. The Hall–Kier alpha value is -0.680. The molecule has 1 aliphatic carbocycles. The molecule has 0 saturated heterocycles. The lowest BCUT2D eigenvalue weighted by atomic mass is 10.3. The first kappa shape index (κ1) is 12.8. The van der Waals surface area contributed by atoms with E-state index in [0.29, 0.717) is 6.04 Å².